The number of nitrogens with zero attached hydrogens (tertiary/aromatic N) is 2. The van der Waals surface area contributed by atoms with Crippen molar-refractivity contribution in [3.05, 3.63) is 35.4 Å². The first-order chi connectivity index (χ1) is 9.33. The van der Waals surface area contributed by atoms with Crippen LogP contribution >= 0.6 is 0 Å². The van der Waals surface area contributed by atoms with E-state index < -0.39 is 0 Å². The van der Waals surface area contributed by atoms with Crippen LogP contribution in [0.15, 0.2) is 24.3 Å². The van der Waals surface area contributed by atoms with E-state index >= 15 is 0 Å². The van der Waals surface area contributed by atoms with E-state index in [1.807, 2.05) is 6.07 Å². The minimum absolute atomic E-state index is 0.288. The maximum atomic E-state index is 10.5. The predicted molar refractivity (Wildman–Crippen MR) is 75.1 cm³/mol. The van der Waals surface area contributed by atoms with Crippen molar-refractivity contribution in [3.8, 4) is 0 Å². The lowest BCUT2D eigenvalue weighted by molar-refractivity contribution is 0.0257. The van der Waals surface area contributed by atoms with Gasteiger partial charge >= 0.3 is 0 Å². The molecule has 4 rings (SSSR count). The number of hydrogen-bond donors (Lipinski definition) is 1. The molecule has 1 heterocycles. The van der Waals surface area contributed by atoms with Crippen LogP contribution in [0.25, 0.3) is 0 Å². The Hall–Kier alpha value is -0.900. The molecule has 1 saturated carbocycles. The van der Waals surface area contributed by atoms with Crippen LogP contribution < -0.4 is 0 Å². The average molecular weight is 258 g/mol. The third-order valence-electron chi connectivity index (χ3n) is 5.05. The van der Waals surface area contributed by atoms with E-state index in [4.69, 9.17) is 0 Å². The number of rotatable bonds is 2. The van der Waals surface area contributed by atoms with Gasteiger partial charge in [0.25, 0.3) is 0 Å². The molecule has 102 valence electrons. The SMILES string of the molecule is OC1c2ccccc2CC1N1CCN(C2CC2)CC1. The minimum Gasteiger partial charge on any atom is -0.387 e. The fraction of sp³-hybridized carbons (Fsp3) is 0.625. The second kappa shape index (κ2) is 4.58. The normalized spacial score (nSPS) is 32.5. The molecular formula is C16H22N2O. The summed E-state index contributed by atoms with van der Waals surface area (Å²) in [6, 6.07) is 9.56. The van der Waals surface area contributed by atoms with Gasteiger partial charge in [-0.3, -0.25) is 9.80 Å². The third kappa shape index (κ3) is 2.10. The molecule has 3 heteroatoms. The zero-order valence-electron chi connectivity index (χ0n) is 11.3. The molecule has 0 bridgehead atoms. The fourth-order valence-corrected chi connectivity index (χ4v) is 3.76. The van der Waals surface area contributed by atoms with Crippen molar-refractivity contribution < 1.29 is 5.11 Å². The number of fused-ring (bicyclic) bond motifs is 1. The molecule has 0 amide bonds. The van der Waals surface area contributed by atoms with Crippen LogP contribution in [0.1, 0.15) is 30.1 Å². The van der Waals surface area contributed by atoms with E-state index in [0.29, 0.717) is 6.04 Å². The summed E-state index contributed by atoms with van der Waals surface area (Å²) in [6.07, 6.45) is 3.53. The molecule has 1 aromatic rings. The molecule has 1 aliphatic heterocycles. The molecule has 2 unspecified atom stereocenters. The van der Waals surface area contributed by atoms with E-state index in [9.17, 15) is 5.11 Å². The van der Waals surface area contributed by atoms with Gasteiger partial charge in [-0.25, -0.2) is 0 Å². The van der Waals surface area contributed by atoms with Crippen LogP contribution in [0.2, 0.25) is 0 Å². The van der Waals surface area contributed by atoms with Crippen molar-refractivity contribution in [1.82, 2.24) is 9.80 Å². The second-order valence-corrected chi connectivity index (χ2v) is 6.22. The Bertz CT molecular complexity index is 464. The number of piperazine rings is 1. The molecule has 1 aromatic carbocycles. The predicted octanol–water partition coefficient (Wildman–Crippen LogP) is 1.42. The van der Waals surface area contributed by atoms with Crippen LogP contribution in [-0.2, 0) is 6.42 Å². The summed E-state index contributed by atoms with van der Waals surface area (Å²) >= 11 is 0. The van der Waals surface area contributed by atoms with E-state index in [1.54, 1.807) is 0 Å². The molecule has 0 radical (unpaired) electrons. The third-order valence-corrected chi connectivity index (χ3v) is 5.05. The standard InChI is InChI=1S/C16H22N2O/c19-16-14-4-2-1-3-12(14)11-15(16)18-9-7-17(8-10-18)13-5-6-13/h1-4,13,15-16,19H,5-11H2. The quantitative estimate of drug-likeness (QED) is 0.869. The first-order valence-corrected chi connectivity index (χ1v) is 7.57. The van der Waals surface area contributed by atoms with Gasteiger partial charge < -0.3 is 5.11 Å². The molecule has 0 spiro atoms. The van der Waals surface area contributed by atoms with Crippen molar-refractivity contribution >= 4 is 0 Å². The lowest BCUT2D eigenvalue weighted by atomic mass is 10.1. The van der Waals surface area contributed by atoms with Gasteiger partial charge in [0.15, 0.2) is 0 Å². The Morgan fingerprint density at radius 3 is 2.32 bits per heavy atom. The molecular weight excluding hydrogens is 236 g/mol. The summed E-state index contributed by atoms with van der Waals surface area (Å²) in [5.74, 6) is 0. The highest BCUT2D eigenvalue weighted by Gasteiger charge is 2.38. The summed E-state index contributed by atoms with van der Waals surface area (Å²) in [5.41, 5.74) is 2.49. The molecule has 1 saturated heterocycles. The first-order valence-electron chi connectivity index (χ1n) is 7.57. The lowest BCUT2D eigenvalue weighted by Crippen LogP contribution is -2.52. The number of aliphatic hydroxyl groups is 1. The molecule has 2 fully saturated rings. The summed E-state index contributed by atoms with van der Waals surface area (Å²) < 4.78 is 0. The highest BCUT2D eigenvalue weighted by molar-refractivity contribution is 5.35. The van der Waals surface area contributed by atoms with E-state index in [-0.39, 0.29) is 6.10 Å². The summed E-state index contributed by atoms with van der Waals surface area (Å²) in [7, 11) is 0. The Balaban J connectivity index is 1.44. The minimum atomic E-state index is -0.288. The van der Waals surface area contributed by atoms with Crippen molar-refractivity contribution in [2.45, 2.75) is 37.5 Å². The van der Waals surface area contributed by atoms with Gasteiger partial charge in [-0.15, -0.1) is 0 Å². The van der Waals surface area contributed by atoms with Crippen molar-refractivity contribution in [2.75, 3.05) is 26.2 Å². The molecule has 2 aliphatic carbocycles. The zero-order chi connectivity index (χ0) is 12.8. The number of aliphatic hydroxyl groups excluding tert-OH is 1. The zero-order valence-corrected chi connectivity index (χ0v) is 11.3. The number of benzene rings is 1. The average Bonchev–Trinajstić information content (AvgIpc) is 3.25. The molecule has 3 nitrogen and oxygen atoms in total. The number of hydrogen-bond acceptors (Lipinski definition) is 3. The Morgan fingerprint density at radius 1 is 0.947 bits per heavy atom. The van der Waals surface area contributed by atoms with Gasteiger partial charge in [-0.1, -0.05) is 24.3 Å². The van der Waals surface area contributed by atoms with Crippen molar-refractivity contribution in [2.24, 2.45) is 0 Å². The fourth-order valence-electron chi connectivity index (χ4n) is 3.76. The summed E-state index contributed by atoms with van der Waals surface area (Å²) in [6.45, 7) is 4.60. The van der Waals surface area contributed by atoms with Crippen LogP contribution in [0.3, 0.4) is 0 Å². The Kier molecular flexibility index (Phi) is 2.87. The van der Waals surface area contributed by atoms with Gasteiger partial charge in [0.05, 0.1) is 6.10 Å². The van der Waals surface area contributed by atoms with Gasteiger partial charge in [0.2, 0.25) is 0 Å². The van der Waals surface area contributed by atoms with Crippen LogP contribution in [0, 0.1) is 0 Å². The first kappa shape index (κ1) is 11.9. The highest BCUT2D eigenvalue weighted by Crippen LogP contribution is 2.35. The van der Waals surface area contributed by atoms with Crippen LogP contribution in [-0.4, -0.2) is 53.2 Å². The van der Waals surface area contributed by atoms with Crippen LogP contribution in [0.4, 0.5) is 0 Å². The van der Waals surface area contributed by atoms with Gasteiger partial charge in [0, 0.05) is 38.3 Å². The molecule has 0 aromatic heterocycles. The smallest absolute Gasteiger partial charge is 0.0951 e. The van der Waals surface area contributed by atoms with E-state index in [2.05, 4.69) is 28.0 Å². The highest BCUT2D eigenvalue weighted by atomic mass is 16.3. The molecule has 1 N–H and O–H groups in total. The maximum Gasteiger partial charge on any atom is 0.0951 e. The topological polar surface area (TPSA) is 26.7 Å². The largest absolute Gasteiger partial charge is 0.387 e. The van der Waals surface area contributed by atoms with Crippen LogP contribution in [0.5, 0.6) is 0 Å². The van der Waals surface area contributed by atoms with E-state index in [1.165, 1.54) is 31.5 Å². The van der Waals surface area contributed by atoms with Crippen molar-refractivity contribution in [1.29, 1.82) is 0 Å². The second-order valence-electron chi connectivity index (χ2n) is 6.22. The molecule has 3 aliphatic rings. The Labute approximate surface area is 114 Å². The lowest BCUT2D eigenvalue weighted by Gasteiger charge is -2.39. The molecule has 19 heavy (non-hydrogen) atoms. The molecule has 2 atom stereocenters. The van der Waals surface area contributed by atoms with Gasteiger partial charge in [-0.05, 0) is 30.4 Å². The van der Waals surface area contributed by atoms with Gasteiger partial charge in [0.1, 0.15) is 0 Å². The summed E-state index contributed by atoms with van der Waals surface area (Å²) in [4.78, 5) is 5.13. The Morgan fingerprint density at radius 2 is 1.63 bits per heavy atom. The summed E-state index contributed by atoms with van der Waals surface area (Å²) in [5, 5.41) is 10.5. The van der Waals surface area contributed by atoms with E-state index in [0.717, 1.165) is 31.1 Å². The maximum absolute atomic E-state index is 10.5. The monoisotopic (exact) mass is 258 g/mol. The van der Waals surface area contributed by atoms with Crippen molar-refractivity contribution in [3.63, 3.8) is 0 Å². The van der Waals surface area contributed by atoms with Gasteiger partial charge in [-0.2, -0.15) is 0 Å².